The summed E-state index contributed by atoms with van der Waals surface area (Å²) >= 11 is 0. The van der Waals surface area contributed by atoms with Crippen molar-refractivity contribution in [2.75, 3.05) is 74.5 Å². The van der Waals surface area contributed by atoms with Crippen molar-refractivity contribution >= 4 is 45.9 Å². The maximum Gasteiger partial charge on any atom is 0.328 e. The molecule has 9 rings (SSSR count). The van der Waals surface area contributed by atoms with Gasteiger partial charge >= 0.3 is 6.03 Å². The number of nitrogens with zero attached hydrogens (tertiary/aromatic N) is 7. The van der Waals surface area contributed by atoms with Gasteiger partial charge in [-0.1, -0.05) is 24.3 Å². The highest BCUT2D eigenvalue weighted by Gasteiger charge is 2.47. The summed E-state index contributed by atoms with van der Waals surface area (Å²) in [5.74, 6) is -4.25. The molecule has 5 aromatic rings. The first-order valence-electron chi connectivity index (χ1n) is 21.3. The van der Waals surface area contributed by atoms with Crippen LogP contribution in [0.15, 0.2) is 72.8 Å². The summed E-state index contributed by atoms with van der Waals surface area (Å²) in [6, 6.07) is 21.7. The highest BCUT2D eigenvalue weighted by molar-refractivity contribution is 6.09. The first kappa shape index (κ1) is 41.2. The van der Waals surface area contributed by atoms with E-state index in [0.29, 0.717) is 61.8 Å². The molecule has 16 heteroatoms. The van der Waals surface area contributed by atoms with Crippen molar-refractivity contribution < 1.29 is 33.0 Å². The Morgan fingerprint density at radius 3 is 2.50 bits per heavy atom. The highest BCUT2D eigenvalue weighted by atomic mass is 19.3. The minimum absolute atomic E-state index is 0.0890. The van der Waals surface area contributed by atoms with Gasteiger partial charge in [-0.05, 0) is 92.8 Å². The molecule has 14 nitrogen and oxygen atoms in total. The molecule has 2 unspecified atom stereocenters. The molecule has 324 valence electrons. The van der Waals surface area contributed by atoms with Crippen LogP contribution in [0.3, 0.4) is 0 Å². The van der Waals surface area contributed by atoms with Gasteiger partial charge in [0, 0.05) is 86.4 Å². The molecule has 4 aliphatic rings. The average Bonchev–Trinajstić information content (AvgIpc) is 3.60. The predicted octanol–water partition coefficient (Wildman–Crippen LogP) is 6.46. The zero-order valence-corrected chi connectivity index (χ0v) is 34.9. The topological polar surface area (TPSA) is 162 Å². The number of carbonyl (C=O) groups excluding carboxylic acids is 3. The second-order valence-corrected chi connectivity index (χ2v) is 17.0. The number of ether oxygens (including phenoxy) is 1. The highest BCUT2D eigenvalue weighted by Crippen LogP contribution is 2.39. The molecule has 62 heavy (non-hydrogen) atoms. The van der Waals surface area contributed by atoms with Crippen molar-refractivity contribution in [3.8, 4) is 17.0 Å². The number of aryl methyl sites for hydroxylation is 2. The second kappa shape index (κ2) is 16.6. The number of amides is 4. The van der Waals surface area contributed by atoms with Crippen molar-refractivity contribution in [1.82, 2.24) is 29.9 Å². The molecule has 4 saturated heterocycles. The van der Waals surface area contributed by atoms with E-state index < -0.39 is 30.3 Å². The minimum Gasteiger partial charge on any atom is -0.507 e. The lowest BCUT2D eigenvalue weighted by Crippen LogP contribution is -2.54. The zero-order chi connectivity index (χ0) is 43.3. The monoisotopic (exact) mass is 847 g/mol. The van der Waals surface area contributed by atoms with Crippen molar-refractivity contribution in [3.63, 3.8) is 0 Å². The lowest BCUT2D eigenvalue weighted by molar-refractivity contribution is -0.120. The van der Waals surface area contributed by atoms with E-state index in [9.17, 15) is 19.5 Å². The van der Waals surface area contributed by atoms with Crippen LogP contribution in [-0.4, -0.2) is 112 Å². The summed E-state index contributed by atoms with van der Waals surface area (Å²) in [6.45, 7) is 6.94. The number of likely N-dealkylation sites (tertiary alicyclic amines) is 2. The van der Waals surface area contributed by atoms with Gasteiger partial charge in [0.1, 0.15) is 11.9 Å². The van der Waals surface area contributed by atoms with Crippen molar-refractivity contribution in [2.24, 2.45) is 5.92 Å². The molecule has 0 radical (unpaired) electrons. The third-order valence-corrected chi connectivity index (χ3v) is 13.1. The Morgan fingerprint density at radius 2 is 1.74 bits per heavy atom. The molecule has 4 N–H and O–H groups in total. The van der Waals surface area contributed by atoms with Gasteiger partial charge in [0.05, 0.1) is 35.7 Å². The number of anilines is 3. The third kappa shape index (κ3) is 7.92. The number of fused-ring (bicyclic) bond motifs is 1. The molecule has 0 aliphatic carbocycles. The Bertz CT molecular complexity index is 2540. The maximum absolute atomic E-state index is 15.9. The summed E-state index contributed by atoms with van der Waals surface area (Å²) in [7, 11) is 0. The van der Waals surface area contributed by atoms with E-state index in [2.05, 4.69) is 42.9 Å². The van der Waals surface area contributed by atoms with E-state index in [0.717, 1.165) is 46.3 Å². The number of urea groups is 1. The van der Waals surface area contributed by atoms with Gasteiger partial charge in [-0.3, -0.25) is 19.8 Å². The Kier molecular flexibility index (Phi) is 11.1. The lowest BCUT2D eigenvalue weighted by Gasteiger charge is -2.42. The molecule has 6 heterocycles. The van der Waals surface area contributed by atoms with Crippen LogP contribution in [0.4, 0.5) is 30.8 Å². The van der Waals surface area contributed by atoms with Crippen LogP contribution in [0.5, 0.6) is 5.75 Å². The third-order valence-electron chi connectivity index (χ3n) is 13.1. The van der Waals surface area contributed by atoms with Crippen LogP contribution in [0, 0.1) is 19.8 Å². The number of rotatable bonds is 8. The van der Waals surface area contributed by atoms with Crippen molar-refractivity contribution in [3.05, 3.63) is 95.2 Å². The molecule has 0 bridgehead atoms. The SMILES string of the molecule is Cc1cc(C(=O)N2CCC(CN3CCC(n4c(C)cc5c(N6CCC(=O)NC6=O)cccc54)CC3)C(F)(F)C2)ccc1C1CN(c2cc(-c3ccccc3O)nnc2N)CCO1. The Hall–Kier alpha value is -6.13. The molecule has 4 amide bonds. The van der Waals surface area contributed by atoms with Gasteiger partial charge in [0.15, 0.2) is 5.82 Å². The van der Waals surface area contributed by atoms with E-state index in [1.165, 1.54) is 4.90 Å². The fourth-order valence-electron chi connectivity index (χ4n) is 9.81. The number of imide groups is 1. The van der Waals surface area contributed by atoms with E-state index in [4.69, 9.17) is 10.5 Å². The molecular weight excluding hydrogens is 797 g/mol. The van der Waals surface area contributed by atoms with Crippen LogP contribution in [0.1, 0.15) is 65.0 Å². The van der Waals surface area contributed by atoms with Gasteiger partial charge in [0.25, 0.3) is 11.8 Å². The van der Waals surface area contributed by atoms with E-state index in [1.807, 2.05) is 43.3 Å². The Morgan fingerprint density at radius 1 is 0.935 bits per heavy atom. The summed E-state index contributed by atoms with van der Waals surface area (Å²) in [5.41, 5.74) is 12.9. The number of nitrogen functional groups attached to an aromatic ring is 1. The first-order chi connectivity index (χ1) is 29.8. The standard InChI is InChI=1S/C46H51F2N9O5/c1-28-22-30(10-11-33(28)41-26-54(20-21-62-41)39-24-36(51-52-43(39)49)34-6-3-4-9-40(34)58)44(60)55-18-12-31(46(47,48)27-55)25-53-16-13-32(14-17-53)57-29(2)23-35-37(7-5-8-38(35)57)56-19-15-42(59)50-45(56)61/h3-11,22-24,31-32,41,58H,12-21,25-27H2,1-2H3,(H2,49,52)(H,50,59,61). The quantitative estimate of drug-likeness (QED) is 0.158. The zero-order valence-electron chi connectivity index (χ0n) is 34.9. The molecule has 2 atom stereocenters. The average molecular weight is 848 g/mol. The van der Waals surface area contributed by atoms with Gasteiger partial charge in [-0.2, -0.15) is 0 Å². The number of piperidine rings is 2. The number of morpholine rings is 1. The number of nitrogens with two attached hydrogens (primary N) is 1. The molecule has 2 aromatic heterocycles. The smallest absolute Gasteiger partial charge is 0.328 e. The van der Waals surface area contributed by atoms with Crippen LogP contribution in [-0.2, 0) is 9.53 Å². The fraction of sp³-hybridized carbons (Fsp3) is 0.413. The number of phenolic OH excluding ortho intramolecular Hbond substituents is 1. The number of halogens is 2. The summed E-state index contributed by atoms with van der Waals surface area (Å²) < 4.78 is 40.3. The number of hydrogen-bond donors (Lipinski definition) is 3. The number of phenols is 1. The molecule has 4 aliphatic heterocycles. The number of alkyl halides is 2. The van der Waals surface area contributed by atoms with Crippen LogP contribution in [0.2, 0.25) is 0 Å². The Balaban J connectivity index is 0.806. The van der Waals surface area contributed by atoms with Crippen molar-refractivity contribution in [2.45, 2.75) is 57.6 Å². The normalized spacial score (nSPS) is 21.4. The van der Waals surface area contributed by atoms with Crippen molar-refractivity contribution in [1.29, 1.82) is 0 Å². The van der Waals surface area contributed by atoms with Gasteiger partial charge in [0.2, 0.25) is 5.91 Å². The minimum atomic E-state index is -3.04. The van der Waals surface area contributed by atoms with E-state index >= 15 is 8.78 Å². The van der Waals surface area contributed by atoms with E-state index in [1.54, 1.807) is 35.2 Å². The number of benzene rings is 3. The summed E-state index contributed by atoms with van der Waals surface area (Å²) in [4.78, 5) is 45.3. The maximum atomic E-state index is 15.9. The Labute approximate surface area is 358 Å². The lowest BCUT2D eigenvalue weighted by atomic mass is 9.90. The number of carbonyl (C=O) groups is 3. The second-order valence-electron chi connectivity index (χ2n) is 17.0. The first-order valence-corrected chi connectivity index (χ1v) is 21.3. The number of hydrogen-bond acceptors (Lipinski definition) is 10. The predicted molar refractivity (Wildman–Crippen MR) is 231 cm³/mol. The van der Waals surface area contributed by atoms with Gasteiger partial charge in [-0.15, -0.1) is 10.2 Å². The number of para-hydroxylation sites is 1. The molecule has 4 fully saturated rings. The summed E-state index contributed by atoms with van der Waals surface area (Å²) in [5, 5.41) is 22.1. The number of nitrogens with one attached hydrogen (secondary N) is 1. The molecule has 3 aromatic carbocycles. The largest absolute Gasteiger partial charge is 0.507 e. The summed E-state index contributed by atoms with van der Waals surface area (Å²) in [6.07, 6.45) is 1.70. The number of aromatic hydroxyl groups is 1. The van der Waals surface area contributed by atoms with Gasteiger partial charge < -0.3 is 34.8 Å². The van der Waals surface area contributed by atoms with Crippen LogP contribution < -0.4 is 20.9 Å². The van der Waals surface area contributed by atoms with E-state index in [-0.39, 0.29) is 55.6 Å². The molecule has 0 spiro atoms. The van der Waals surface area contributed by atoms with Crippen LogP contribution >= 0.6 is 0 Å². The van der Waals surface area contributed by atoms with Crippen LogP contribution in [0.25, 0.3) is 22.2 Å². The molecule has 0 saturated carbocycles. The fourth-order valence-corrected chi connectivity index (χ4v) is 9.81. The van der Waals surface area contributed by atoms with Gasteiger partial charge in [-0.25, -0.2) is 13.6 Å². The number of aromatic nitrogens is 3. The molecular formula is C46H51F2N9O5.